The summed E-state index contributed by atoms with van der Waals surface area (Å²) in [5.74, 6) is -0.983. The van der Waals surface area contributed by atoms with Gasteiger partial charge in [0.1, 0.15) is 24.0 Å². The first kappa shape index (κ1) is 16.1. The SMILES string of the molecule is CCOC(C=O)CS(=O)(=O)Nc1ccc(F)cc1Br. The van der Waals surface area contributed by atoms with Crippen LogP contribution in [0.15, 0.2) is 22.7 Å². The van der Waals surface area contributed by atoms with Crippen LogP contribution in [0.2, 0.25) is 0 Å². The third-order valence-corrected chi connectivity index (χ3v) is 4.07. The van der Waals surface area contributed by atoms with Gasteiger partial charge in [0.15, 0.2) is 0 Å². The number of sulfonamides is 1. The van der Waals surface area contributed by atoms with Crippen LogP contribution in [0.25, 0.3) is 0 Å². The first-order chi connectivity index (χ1) is 8.88. The number of carbonyl (C=O) groups excluding carboxylic acids is 1. The van der Waals surface area contributed by atoms with Crippen molar-refractivity contribution < 1.29 is 22.3 Å². The summed E-state index contributed by atoms with van der Waals surface area (Å²) < 4.78 is 44.0. The van der Waals surface area contributed by atoms with E-state index >= 15 is 0 Å². The molecule has 0 saturated heterocycles. The molecule has 1 aromatic rings. The molecule has 1 atom stereocenters. The second-order valence-electron chi connectivity index (χ2n) is 3.64. The van der Waals surface area contributed by atoms with Gasteiger partial charge >= 0.3 is 0 Å². The smallest absolute Gasteiger partial charge is 0.235 e. The molecular weight excluding hydrogens is 341 g/mol. The summed E-state index contributed by atoms with van der Waals surface area (Å²) in [6.07, 6.45) is -0.593. The number of rotatable bonds is 7. The molecule has 0 aliphatic carbocycles. The van der Waals surface area contributed by atoms with Crippen molar-refractivity contribution in [3.8, 4) is 0 Å². The minimum atomic E-state index is -3.76. The van der Waals surface area contributed by atoms with Gasteiger partial charge in [-0.25, -0.2) is 12.8 Å². The van der Waals surface area contributed by atoms with Gasteiger partial charge in [-0.3, -0.25) is 4.72 Å². The average Bonchev–Trinajstić information content (AvgIpc) is 2.32. The lowest BCUT2D eigenvalue weighted by Gasteiger charge is -2.13. The molecule has 0 amide bonds. The zero-order valence-electron chi connectivity index (χ0n) is 10.1. The predicted octanol–water partition coefficient (Wildman–Crippen LogP) is 1.93. The molecule has 0 radical (unpaired) electrons. The fourth-order valence-corrected chi connectivity index (χ4v) is 3.12. The van der Waals surface area contributed by atoms with Gasteiger partial charge in [-0.1, -0.05) is 0 Å². The summed E-state index contributed by atoms with van der Waals surface area (Å²) in [7, 11) is -3.76. The first-order valence-electron chi connectivity index (χ1n) is 5.40. The molecule has 0 spiro atoms. The van der Waals surface area contributed by atoms with E-state index in [1.54, 1.807) is 6.92 Å². The van der Waals surface area contributed by atoms with E-state index in [0.717, 1.165) is 12.1 Å². The van der Waals surface area contributed by atoms with Crippen molar-refractivity contribution in [2.75, 3.05) is 17.1 Å². The van der Waals surface area contributed by atoms with Crippen molar-refractivity contribution in [1.82, 2.24) is 0 Å². The molecule has 5 nitrogen and oxygen atoms in total. The normalized spacial score (nSPS) is 13.0. The van der Waals surface area contributed by atoms with E-state index in [0.29, 0.717) is 6.29 Å². The Morgan fingerprint density at radius 2 is 2.21 bits per heavy atom. The van der Waals surface area contributed by atoms with Crippen LogP contribution in [0.4, 0.5) is 10.1 Å². The highest BCUT2D eigenvalue weighted by atomic mass is 79.9. The molecule has 106 valence electrons. The number of carbonyl (C=O) groups is 1. The maximum Gasteiger partial charge on any atom is 0.235 e. The minimum absolute atomic E-state index is 0.197. The van der Waals surface area contributed by atoms with E-state index in [1.165, 1.54) is 6.07 Å². The van der Waals surface area contributed by atoms with Crippen LogP contribution in [0, 0.1) is 5.82 Å². The van der Waals surface area contributed by atoms with E-state index in [2.05, 4.69) is 20.7 Å². The quantitative estimate of drug-likeness (QED) is 0.760. The van der Waals surface area contributed by atoms with Crippen LogP contribution in [0.3, 0.4) is 0 Å². The number of benzene rings is 1. The standard InChI is InChI=1S/C11H13BrFNO4S/c1-2-18-9(6-15)7-19(16,17)14-11-4-3-8(13)5-10(11)12/h3-6,9,14H,2,7H2,1H3. The molecule has 1 N–H and O–H groups in total. The summed E-state index contributed by atoms with van der Waals surface area (Å²) in [6.45, 7) is 1.90. The third kappa shape index (κ3) is 5.25. The van der Waals surface area contributed by atoms with Gasteiger partial charge in [0.25, 0.3) is 0 Å². The molecule has 0 heterocycles. The van der Waals surface area contributed by atoms with Crippen LogP contribution in [-0.2, 0) is 19.6 Å². The Kier molecular flexibility index (Phi) is 5.89. The molecule has 8 heteroatoms. The fourth-order valence-electron chi connectivity index (χ4n) is 1.34. The monoisotopic (exact) mass is 353 g/mol. The summed E-state index contributed by atoms with van der Waals surface area (Å²) in [5, 5.41) is 0. The Morgan fingerprint density at radius 3 is 2.74 bits per heavy atom. The number of nitrogens with one attached hydrogen (secondary N) is 1. The van der Waals surface area contributed by atoms with Gasteiger partial charge in [-0.2, -0.15) is 0 Å². The summed E-state index contributed by atoms with van der Waals surface area (Å²) >= 11 is 3.05. The van der Waals surface area contributed by atoms with Crippen molar-refractivity contribution in [1.29, 1.82) is 0 Å². The second kappa shape index (κ2) is 6.97. The highest BCUT2D eigenvalue weighted by molar-refractivity contribution is 9.10. The van der Waals surface area contributed by atoms with Crippen molar-refractivity contribution >= 4 is 37.9 Å². The molecule has 1 aromatic carbocycles. The lowest BCUT2D eigenvalue weighted by Crippen LogP contribution is -2.29. The summed E-state index contributed by atoms with van der Waals surface area (Å²) in [5.41, 5.74) is 0.197. The van der Waals surface area contributed by atoms with E-state index < -0.39 is 27.7 Å². The third-order valence-electron chi connectivity index (χ3n) is 2.11. The Bertz CT molecular complexity index is 550. The number of aldehydes is 1. The van der Waals surface area contributed by atoms with E-state index in [1.807, 2.05) is 0 Å². The fraction of sp³-hybridized carbons (Fsp3) is 0.364. The molecular formula is C11H13BrFNO4S. The molecule has 0 aromatic heterocycles. The zero-order chi connectivity index (χ0) is 14.5. The van der Waals surface area contributed by atoms with Gasteiger partial charge in [0.05, 0.1) is 5.69 Å². The molecule has 19 heavy (non-hydrogen) atoms. The molecule has 1 rings (SSSR count). The summed E-state index contributed by atoms with van der Waals surface area (Å²) in [4.78, 5) is 10.7. The lowest BCUT2D eigenvalue weighted by atomic mass is 10.3. The van der Waals surface area contributed by atoms with Crippen LogP contribution in [-0.4, -0.2) is 33.2 Å². The topological polar surface area (TPSA) is 72.5 Å². The average molecular weight is 354 g/mol. The molecule has 0 saturated carbocycles. The zero-order valence-corrected chi connectivity index (χ0v) is 12.5. The number of hydrogen-bond acceptors (Lipinski definition) is 4. The molecule has 0 aliphatic rings. The number of anilines is 1. The molecule has 1 unspecified atom stereocenters. The van der Waals surface area contributed by atoms with Gasteiger partial charge in [-0.15, -0.1) is 0 Å². The Morgan fingerprint density at radius 1 is 1.53 bits per heavy atom. The van der Waals surface area contributed by atoms with Crippen LogP contribution >= 0.6 is 15.9 Å². The maximum absolute atomic E-state index is 12.9. The minimum Gasteiger partial charge on any atom is -0.370 e. The second-order valence-corrected chi connectivity index (χ2v) is 6.26. The van der Waals surface area contributed by atoms with Gasteiger partial charge in [0.2, 0.25) is 10.0 Å². The van der Waals surface area contributed by atoms with Gasteiger partial charge in [-0.05, 0) is 41.1 Å². The van der Waals surface area contributed by atoms with E-state index in [-0.39, 0.29) is 16.8 Å². The van der Waals surface area contributed by atoms with Crippen molar-refractivity contribution in [3.63, 3.8) is 0 Å². The Hall–Kier alpha value is -0.990. The van der Waals surface area contributed by atoms with Crippen molar-refractivity contribution in [3.05, 3.63) is 28.5 Å². The lowest BCUT2D eigenvalue weighted by molar-refractivity contribution is -0.116. The maximum atomic E-state index is 12.9. The number of halogens is 2. The van der Waals surface area contributed by atoms with Gasteiger partial charge in [0, 0.05) is 11.1 Å². The molecule has 0 fully saturated rings. The van der Waals surface area contributed by atoms with Crippen LogP contribution in [0.5, 0.6) is 0 Å². The predicted molar refractivity (Wildman–Crippen MR) is 73.0 cm³/mol. The van der Waals surface area contributed by atoms with Crippen LogP contribution in [0.1, 0.15) is 6.92 Å². The largest absolute Gasteiger partial charge is 0.370 e. The van der Waals surface area contributed by atoms with Gasteiger partial charge < -0.3 is 9.53 Å². The highest BCUT2D eigenvalue weighted by Gasteiger charge is 2.20. The van der Waals surface area contributed by atoms with E-state index in [9.17, 15) is 17.6 Å². The summed E-state index contributed by atoms with van der Waals surface area (Å²) in [6, 6.07) is 3.55. The number of hydrogen-bond donors (Lipinski definition) is 1. The Labute approximate surface area is 119 Å². The van der Waals surface area contributed by atoms with Crippen molar-refractivity contribution in [2.24, 2.45) is 0 Å². The Balaban J connectivity index is 2.81. The van der Waals surface area contributed by atoms with Crippen LogP contribution < -0.4 is 4.72 Å². The first-order valence-corrected chi connectivity index (χ1v) is 7.85. The molecule has 0 aliphatic heterocycles. The van der Waals surface area contributed by atoms with E-state index in [4.69, 9.17) is 4.74 Å². The number of ether oxygens (including phenoxy) is 1. The molecule has 0 bridgehead atoms. The highest BCUT2D eigenvalue weighted by Crippen LogP contribution is 2.24. The van der Waals surface area contributed by atoms with Crippen molar-refractivity contribution in [2.45, 2.75) is 13.0 Å².